The minimum absolute atomic E-state index is 0.0440. The molecule has 1 aliphatic rings. The van der Waals surface area contributed by atoms with Gasteiger partial charge in [-0.15, -0.1) is 0 Å². The van der Waals surface area contributed by atoms with Gasteiger partial charge in [0, 0.05) is 29.5 Å². The number of hydrogen-bond donors (Lipinski definition) is 1. The van der Waals surface area contributed by atoms with E-state index in [4.69, 9.17) is 9.47 Å². The van der Waals surface area contributed by atoms with Crippen LogP contribution in [0.1, 0.15) is 26.3 Å². The fourth-order valence-electron chi connectivity index (χ4n) is 3.89. The molecule has 0 aliphatic carbocycles. The first-order chi connectivity index (χ1) is 12.4. The lowest BCUT2D eigenvalue weighted by molar-refractivity contribution is -0.402. The van der Waals surface area contributed by atoms with Crippen molar-refractivity contribution >= 4 is 17.1 Å². The van der Waals surface area contributed by atoms with Gasteiger partial charge in [-0.1, -0.05) is 18.2 Å². The summed E-state index contributed by atoms with van der Waals surface area (Å²) in [5, 5.41) is 3.39. The van der Waals surface area contributed by atoms with E-state index in [1.54, 1.807) is 14.2 Å². The van der Waals surface area contributed by atoms with Crippen LogP contribution in [0.25, 0.3) is 0 Å². The Morgan fingerprint density at radius 3 is 2.46 bits per heavy atom. The van der Waals surface area contributed by atoms with Crippen LogP contribution >= 0.6 is 0 Å². The predicted octanol–water partition coefficient (Wildman–Crippen LogP) is 4.73. The van der Waals surface area contributed by atoms with Crippen molar-refractivity contribution in [3.8, 4) is 11.5 Å². The molecule has 0 saturated carbocycles. The van der Waals surface area contributed by atoms with Gasteiger partial charge in [0.15, 0.2) is 5.71 Å². The molecule has 0 spiro atoms. The molecule has 4 nitrogen and oxygen atoms in total. The Bertz CT molecular complexity index is 895. The third-order valence-electron chi connectivity index (χ3n) is 5.09. The number of para-hydroxylation sites is 1. The Hall–Kier alpha value is -2.75. The van der Waals surface area contributed by atoms with Crippen LogP contribution in [0, 0.1) is 0 Å². The highest BCUT2D eigenvalue weighted by molar-refractivity contribution is 6.06. The molecule has 0 atom stereocenters. The summed E-state index contributed by atoms with van der Waals surface area (Å²) in [6, 6.07) is 14.3. The van der Waals surface area contributed by atoms with Gasteiger partial charge in [-0.05, 0) is 32.9 Å². The van der Waals surface area contributed by atoms with Gasteiger partial charge in [-0.25, -0.2) is 0 Å². The van der Waals surface area contributed by atoms with Crippen LogP contribution in [-0.4, -0.2) is 31.6 Å². The van der Waals surface area contributed by atoms with Crippen LogP contribution in [0.5, 0.6) is 11.5 Å². The molecule has 4 heteroatoms. The minimum Gasteiger partial charge on any atom is -0.497 e. The summed E-state index contributed by atoms with van der Waals surface area (Å²) in [5.74, 6) is 1.52. The highest BCUT2D eigenvalue weighted by atomic mass is 16.5. The Kier molecular flexibility index (Phi) is 4.77. The van der Waals surface area contributed by atoms with Crippen molar-refractivity contribution in [1.82, 2.24) is 0 Å². The number of fused-ring (bicyclic) bond motifs is 1. The third kappa shape index (κ3) is 2.96. The van der Waals surface area contributed by atoms with E-state index in [-0.39, 0.29) is 5.41 Å². The zero-order chi connectivity index (χ0) is 18.9. The Morgan fingerprint density at radius 2 is 1.81 bits per heavy atom. The zero-order valence-electron chi connectivity index (χ0n) is 16.4. The molecule has 0 saturated heterocycles. The van der Waals surface area contributed by atoms with Crippen molar-refractivity contribution in [2.45, 2.75) is 26.2 Å². The maximum atomic E-state index is 5.47. The molecule has 2 aromatic carbocycles. The molecule has 0 aromatic heterocycles. The lowest BCUT2D eigenvalue weighted by Gasteiger charge is -2.18. The fraction of sp³-hybridized carbons (Fsp3) is 0.318. The third-order valence-corrected chi connectivity index (χ3v) is 5.09. The minimum atomic E-state index is -0.0440. The SMILES string of the molecule is COc1ccc(NC=C(C)C2=[N+](C)c3ccccc3C2(C)C)c(OC)c1. The Balaban J connectivity index is 1.93. The number of benzene rings is 2. The number of methoxy groups -OCH3 is 2. The molecule has 3 rings (SSSR count). The van der Waals surface area contributed by atoms with Crippen molar-refractivity contribution in [2.24, 2.45) is 0 Å². The van der Waals surface area contributed by atoms with Crippen LogP contribution in [0.15, 0.2) is 54.2 Å². The molecule has 26 heavy (non-hydrogen) atoms. The molecule has 2 aromatic rings. The van der Waals surface area contributed by atoms with Crippen LogP contribution in [-0.2, 0) is 5.41 Å². The van der Waals surface area contributed by atoms with Gasteiger partial charge in [0.1, 0.15) is 18.5 Å². The summed E-state index contributed by atoms with van der Waals surface area (Å²) in [6.07, 6.45) is 2.05. The van der Waals surface area contributed by atoms with Crippen LogP contribution < -0.4 is 14.8 Å². The predicted molar refractivity (Wildman–Crippen MR) is 107 cm³/mol. The Labute approximate surface area is 155 Å². The molecule has 0 unspecified atom stereocenters. The molecule has 136 valence electrons. The number of nitrogens with zero attached hydrogens (tertiary/aromatic N) is 1. The number of allylic oxidation sites excluding steroid dienone is 1. The second-order valence-electron chi connectivity index (χ2n) is 7.09. The van der Waals surface area contributed by atoms with Gasteiger partial charge in [0.2, 0.25) is 5.69 Å². The molecule has 0 fully saturated rings. The van der Waals surface area contributed by atoms with Crippen molar-refractivity contribution in [2.75, 3.05) is 26.6 Å². The number of nitrogens with one attached hydrogen (secondary N) is 1. The largest absolute Gasteiger partial charge is 0.497 e. The van der Waals surface area contributed by atoms with E-state index in [1.165, 1.54) is 22.5 Å². The van der Waals surface area contributed by atoms with Crippen LogP contribution in [0.4, 0.5) is 11.4 Å². The van der Waals surface area contributed by atoms with Crippen molar-refractivity contribution in [3.05, 3.63) is 59.8 Å². The first-order valence-electron chi connectivity index (χ1n) is 8.76. The lowest BCUT2D eigenvalue weighted by Crippen LogP contribution is -2.29. The highest BCUT2D eigenvalue weighted by Crippen LogP contribution is 2.40. The Morgan fingerprint density at radius 1 is 1.08 bits per heavy atom. The number of anilines is 1. The quantitative estimate of drug-likeness (QED) is 0.791. The average Bonchev–Trinajstić information content (AvgIpc) is 2.86. The molecule has 1 heterocycles. The normalized spacial score (nSPS) is 15.7. The maximum absolute atomic E-state index is 5.47. The molecule has 0 bridgehead atoms. The number of ether oxygens (including phenoxy) is 2. The van der Waals surface area contributed by atoms with Crippen molar-refractivity contribution in [3.63, 3.8) is 0 Å². The summed E-state index contributed by atoms with van der Waals surface area (Å²) < 4.78 is 13.0. The van der Waals surface area contributed by atoms with E-state index in [9.17, 15) is 0 Å². The van der Waals surface area contributed by atoms with E-state index in [1.807, 2.05) is 24.4 Å². The average molecular weight is 351 g/mol. The molecule has 1 aliphatic heterocycles. The van der Waals surface area contributed by atoms with E-state index in [2.05, 4.69) is 62.0 Å². The maximum Gasteiger partial charge on any atom is 0.209 e. The van der Waals surface area contributed by atoms with E-state index >= 15 is 0 Å². The number of hydrogen-bond acceptors (Lipinski definition) is 3. The zero-order valence-corrected chi connectivity index (χ0v) is 16.4. The molecule has 0 amide bonds. The summed E-state index contributed by atoms with van der Waals surface area (Å²) in [7, 11) is 5.45. The second-order valence-corrected chi connectivity index (χ2v) is 7.09. The van der Waals surface area contributed by atoms with Gasteiger partial charge < -0.3 is 14.8 Å². The first-order valence-corrected chi connectivity index (χ1v) is 8.76. The van der Waals surface area contributed by atoms with E-state index in [0.29, 0.717) is 0 Å². The van der Waals surface area contributed by atoms with Crippen LogP contribution in [0.3, 0.4) is 0 Å². The summed E-state index contributed by atoms with van der Waals surface area (Å²) >= 11 is 0. The summed E-state index contributed by atoms with van der Waals surface area (Å²) in [6.45, 7) is 6.69. The molecular weight excluding hydrogens is 324 g/mol. The molecular formula is C22H27N2O2+. The molecule has 0 radical (unpaired) electrons. The van der Waals surface area contributed by atoms with E-state index < -0.39 is 0 Å². The van der Waals surface area contributed by atoms with Gasteiger partial charge in [-0.3, -0.25) is 0 Å². The summed E-state index contributed by atoms with van der Waals surface area (Å²) in [5.41, 5.74) is 5.96. The molecule has 1 N–H and O–H groups in total. The fourth-order valence-corrected chi connectivity index (χ4v) is 3.89. The number of rotatable bonds is 5. The van der Waals surface area contributed by atoms with Gasteiger partial charge in [0.05, 0.1) is 25.3 Å². The van der Waals surface area contributed by atoms with Gasteiger partial charge in [-0.2, -0.15) is 4.58 Å². The standard InChI is InChI=1S/C22H26N2O2/c1-15(14-23-18-12-11-16(25-5)13-20(18)26-6)21-22(2,3)17-9-7-8-10-19(17)24(21)4/h7-14H,1-6H3/p+1. The highest BCUT2D eigenvalue weighted by Gasteiger charge is 2.44. The van der Waals surface area contributed by atoms with Crippen LogP contribution in [0.2, 0.25) is 0 Å². The smallest absolute Gasteiger partial charge is 0.209 e. The second kappa shape index (κ2) is 6.87. The summed E-state index contributed by atoms with van der Waals surface area (Å²) in [4.78, 5) is 0. The van der Waals surface area contributed by atoms with Crippen molar-refractivity contribution < 1.29 is 14.0 Å². The van der Waals surface area contributed by atoms with Gasteiger partial charge >= 0.3 is 0 Å². The monoisotopic (exact) mass is 351 g/mol. The topological polar surface area (TPSA) is 33.5 Å². The van der Waals surface area contributed by atoms with E-state index in [0.717, 1.165) is 17.2 Å². The lowest BCUT2D eigenvalue weighted by atomic mass is 9.79. The van der Waals surface area contributed by atoms with Gasteiger partial charge in [0.25, 0.3) is 0 Å². The van der Waals surface area contributed by atoms with Crippen molar-refractivity contribution in [1.29, 1.82) is 0 Å². The first kappa shape index (κ1) is 18.1.